The number of fused-ring (bicyclic) bond motifs is 1. The number of benzene rings is 1. The molecule has 5 heteroatoms. The molecule has 2 atom stereocenters. The van der Waals surface area contributed by atoms with Gasteiger partial charge in [-0.3, -0.25) is 0 Å². The second-order valence-electron chi connectivity index (χ2n) is 5.51. The zero-order valence-electron chi connectivity index (χ0n) is 13.1. The zero-order valence-corrected chi connectivity index (χ0v) is 13.1. The van der Waals surface area contributed by atoms with Gasteiger partial charge in [-0.1, -0.05) is 24.3 Å². The van der Waals surface area contributed by atoms with Crippen LogP contribution < -0.4 is 0 Å². The number of cyclic esters (lactones) is 1. The van der Waals surface area contributed by atoms with Crippen LogP contribution in [-0.4, -0.2) is 24.8 Å². The van der Waals surface area contributed by atoms with Crippen molar-refractivity contribution in [3.63, 3.8) is 0 Å². The van der Waals surface area contributed by atoms with Gasteiger partial charge < -0.3 is 14.2 Å². The van der Waals surface area contributed by atoms with Crippen molar-refractivity contribution in [2.75, 3.05) is 6.61 Å². The highest BCUT2D eigenvalue weighted by atomic mass is 16.7. The van der Waals surface area contributed by atoms with Gasteiger partial charge in [-0.2, -0.15) is 0 Å². The molecule has 2 unspecified atom stereocenters. The number of ether oxygens (including phenoxy) is 3. The van der Waals surface area contributed by atoms with Gasteiger partial charge in [-0.25, -0.2) is 9.59 Å². The van der Waals surface area contributed by atoms with E-state index in [1.165, 1.54) is 11.8 Å². The van der Waals surface area contributed by atoms with Crippen LogP contribution in [0, 0.1) is 0 Å². The van der Waals surface area contributed by atoms with Crippen molar-refractivity contribution in [3.05, 3.63) is 58.9 Å². The number of carbonyl (C=O) groups excluding carboxylic acids is 2. The SMILES string of the molecule is CCOC(=O)/C(=C/OC1C=C(C)C(=O)O1)C1Cc2ccccc21. The van der Waals surface area contributed by atoms with Crippen LogP contribution in [-0.2, 0) is 30.2 Å². The average Bonchev–Trinajstić information content (AvgIpc) is 2.82. The van der Waals surface area contributed by atoms with Crippen molar-refractivity contribution in [2.24, 2.45) is 0 Å². The molecule has 1 heterocycles. The maximum absolute atomic E-state index is 12.2. The minimum absolute atomic E-state index is 0.0487. The van der Waals surface area contributed by atoms with Crippen molar-refractivity contribution < 1.29 is 23.8 Å². The second-order valence-corrected chi connectivity index (χ2v) is 5.51. The van der Waals surface area contributed by atoms with Crippen molar-refractivity contribution in [1.29, 1.82) is 0 Å². The van der Waals surface area contributed by atoms with Gasteiger partial charge in [0, 0.05) is 17.6 Å². The molecule has 1 aromatic rings. The molecule has 3 rings (SSSR count). The summed E-state index contributed by atoms with van der Waals surface area (Å²) < 4.78 is 15.6. The summed E-state index contributed by atoms with van der Waals surface area (Å²) in [6.07, 6.45) is 2.92. The van der Waals surface area contributed by atoms with E-state index in [4.69, 9.17) is 14.2 Å². The summed E-state index contributed by atoms with van der Waals surface area (Å²) in [5, 5.41) is 0. The molecule has 1 aliphatic carbocycles. The van der Waals surface area contributed by atoms with Crippen molar-refractivity contribution in [1.82, 2.24) is 0 Å². The molecule has 23 heavy (non-hydrogen) atoms. The number of rotatable bonds is 5. The molecule has 0 spiro atoms. The normalized spacial score (nSPS) is 22.6. The van der Waals surface area contributed by atoms with E-state index >= 15 is 0 Å². The topological polar surface area (TPSA) is 61.8 Å². The largest absolute Gasteiger partial charge is 0.463 e. The van der Waals surface area contributed by atoms with Crippen LogP contribution in [0.15, 0.2) is 47.7 Å². The molecular weight excluding hydrogens is 296 g/mol. The van der Waals surface area contributed by atoms with E-state index in [1.54, 1.807) is 19.9 Å². The van der Waals surface area contributed by atoms with Crippen LogP contribution in [0.4, 0.5) is 0 Å². The minimum atomic E-state index is -0.790. The highest BCUT2D eigenvalue weighted by molar-refractivity contribution is 5.91. The highest BCUT2D eigenvalue weighted by Gasteiger charge is 2.34. The Morgan fingerprint density at radius 1 is 1.39 bits per heavy atom. The Morgan fingerprint density at radius 2 is 2.17 bits per heavy atom. The summed E-state index contributed by atoms with van der Waals surface area (Å²) in [5.41, 5.74) is 3.26. The van der Waals surface area contributed by atoms with Crippen molar-refractivity contribution in [3.8, 4) is 0 Å². The predicted molar refractivity (Wildman–Crippen MR) is 82.3 cm³/mol. The van der Waals surface area contributed by atoms with E-state index in [1.807, 2.05) is 24.3 Å². The lowest BCUT2D eigenvalue weighted by atomic mass is 9.74. The van der Waals surface area contributed by atoms with Gasteiger partial charge in [0.25, 0.3) is 6.29 Å². The molecule has 0 amide bonds. The van der Waals surface area contributed by atoms with Gasteiger partial charge in [0.2, 0.25) is 0 Å². The quantitative estimate of drug-likeness (QED) is 0.475. The molecule has 5 nitrogen and oxygen atoms in total. The van der Waals surface area contributed by atoms with Gasteiger partial charge in [0.15, 0.2) is 0 Å². The molecule has 1 aromatic carbocycles. The highest BCUT2D eigenvalue weighted by Crippen LogP contribution is 2.40. The van der Waals surface area contributed by atoms with Gasteiger partial charge in [-0.05, 0) is 31.4 Å². The third kappa shape index (κ3) is 2.99. The van der Waals surface area contributed by atoms with E-state index < -0.39 is 18.2 Å². The third-order valence-electron chi connectivity index (χ3n) is 4.00. The first-order valence-electron chi connectivity index (χ1n) is 7.60. The Bertz CT molecular complexity index is 701. The maximum atomic E-state index is 12.2. The number of esters is 2. The van der Waals surface area contributed by atoms with E-state index in [2.05, 4.69) is 0 Å². The summed E-state index contributed by atoms with van der Waals surface area (Å²) in [7, 11) is 0. The van der Waals surface area contributed by atoms with Gasteiger partial charge >= 0.3 is 11.9 Å². The molecule has 1 aliphatic heterocycles. The van der Waals surface area contributed by atoms with E-state index in [-0.39, 0.29) is 5.92 Å². The third-order valence-corrected chi connectivity index (χ3v) is 4.00. The van der Waals surface area contributed by atoms with E-state index in [0.717, 1.165) is 12.0 Å². The summed E-state index contributed by atoms with van der Waals surface area (Å²) in [5.74, 6) is -0.862. The predicted octanol–water partition coefficient (Wildman–Crippen LogP) is 2.62. The van der Waals surface area contributed by atoms with Crippen LogP contribution in [0.1, 0.15) is 30.9 Å². The Labute approximate surface area is 134 Å². The van der Waals surface area contributed by atoms with E-state index in [0.29, 0.717) is 17.8 Å². The van der Waals surface area contributed by atoms with Crippen LogP contribution in [0.5, 0.6) is 0 Å². The smallest absolute Gasteiger partial charge is 0.337 e. The lowest BCUT2D eigenvalue weighted by Crippen LogP contribution is -2.25. The lowest BCUT2D eigenvalue weighted by molar-refractivity contribution is -0.152. The summed E-state index contributed by atoms with van der Waals surface area (Å²) >= 11 is 0. The summed E-state index contributed by atoms with van der Waals surface area (Å²) in [4.78, 5) is 23.6. The van der Waals surface area contributed by atoms with Gasteiger partial charge in [0.1, 0.15) is 0 Å². The Hall–Kier alpha value is -2.56. The fourth-order valence-corrected chi connectivity index (χ4v) is 2.74. The standard InChI is InChI=1S/C18H18O5/c1-3-21-18(20)15(10-22-16-8-11(2)17(19)23-16)14-9-12-6-4-5-7-13(12)14/h4-8,10,14,16H,3,9H2,1-2H3/b15-10+. The first-order chi connectivity index (χ1) is 11.1. The van der Waals surface area contributed by atoms with Gasteiger partial charge in [-0.15, -0.1) is 0 Å². The molecule has 120 valence electrons. The first-order valence-corrected chi connectivity index (χ1v) is 7.60. The van der Waals surface area contributed by atoms with Crippen LogP contribution in [0.3, 0.4) is 0 Å². The molecule has 0 saturated heterocycles. The molecule has 0 saturated carbocycles. The molecule has 0 aromatic heterocycles. The maximum Gasteiger partial charge on any atom is 0.337 e. The zero-order chi connectivity index (χ0) is 16.4. The van der Waals surface area contributed by atoms with Crippen LogP contribution >= 0.6 is 0 Å². The fraction of sp³-hybridized carbons (Fsp3) is 0.333. The number of carbonyl (C=O) groups is 2. The van der Waals surface area contributed by atoms with Crippen molar-refractivity contribution in [2.45, 2.75) is 32.5 Å². The fourth-order valence-electron chi connectivity index (χ4n) is 2.74. The first kappa shape index (κ1) is 15.3. The van der Waals surface area contributed by atoms with Crippen LogP contribution in [0.25, 0.3) is 0 Å². The Morgan fingerprint density at radius 3 is 2.83 bits per heavy atom. The second kappa shape index (κ2) is 6.28. The summed E-state index contributed by atoms with van der Waals surface area (Å²) in [6, 6.07) is 7.96. The molecule has 0 fully saturated rings. The number of hydrogen-bond donors (Lipinski definition) is 0. The number of hydrogen-bond acceptors (Lipinski definition) is 5. The Kier molecular flexibility index (Phi) is 4.19. The molecule has 2 aliphatic rings. The molecular formula is C18H18O5. The molecule has 0 radical (unpaired) electrons. The van der Waals surface area contributed by atoms with Gasteiger partial charge in [0.05, 0.1) is 18.4 Å². The lowest BCUT2D eigenvalue weighted by Gasteiger charge is -2.31. The monoisotopic (exact) mass is 314 g/mol. The molecule has 0 N–H and O–H groups in total. The van der Waals surface area contributed by atoms with Crippen LogP contribution in [0.2, 0.25) is 0 Å². The minimum Gasteiger partial charge on any atom is -0.463 e. The van der Waals surface area contributed by atoms with E-state index in [9.17, 15) is 9.59 Å². The average molecular weight is 314 g/mol. The summed E-state index contributed by atoms with van der Waals surface area (Å²) in [6.45, 7) is 3.71. The Balaban J connectivity index is 1.79. The van der Waals surface area contributed by atoms with Crippen molar-refractivity contribution >= 4 is 11.9 Å². The molecule has 0 bridgehead atoms.